The lowest BCUT2D eigenvalue weighted by Crippen LogP contribution is -2.37. The van der Waals surface area contributed by atoms with Crippen LogP contribution in [0.25, 0.3) is 0 Å². The summed E-state index contributed by atoms with van der Waals surface area (Å²) in [6.45, 7) is 4.14. The average molecular weight is 263 g/mol. The third-order valence-corrected chi connectivity index (χ3v) is 2.30. The first-order valence-electron chi connectivity index (χ1n) is 4.77. The molecule has 88 valence electrons. The maximum absolute atomic E-state index is 11.5. The third kappa shape index (κ3) is 3.50. The molecule has 7 heteroatoms. The molecule has 1 atom stereocenters. The smallest absolute Gasteiger partial charge is 0.242 e. The summed E-state index contributed by atoms with van der Waals surface area (Å²) in [6, 6.07) is 1.10. The van der Waals surface area contributed by atoms with Crippen LogP contribution in [-0.2, 0) is 4.79 Å². The van der Waals surface area contributed by atoms with E-state index in [9.17, 15) is 4.79 Å². The molecule has 0 aromatic carbocycles. The number of anilines is 1. The average Bonchev–Trinajstić information content (AvgIpc) is 2.23. The highest BCUT2D eigenvalue weighted by atomic mass is 35.5. The Balaban J connectivity index is 2.72. The van der Waals surface area contributed by atoms with Gasteiger partial charge in [0.1, 0.15) is 6.04 Å². The summed E-state index contributed by atoms with van der Waals surface area (Å²) in [5.74, 6) is -0.119. The lowest BCUT2D eigenvalue weighted by Gasteiger charge is -2.14. The molecule has 0 spiro atoms. The molecule has 1 amide bonds. The van der Waals surface area contributed by atoms with Gasteiger partial charge in [-0.25, -0.2) is 0 Å². The van der Waals surface area contributed by atoms with Crippen molar-refractivity contribution < 1.29 is 4.79 Å². The van der Waals surface area contributed by atoms with Gasteiger partial charge in [-0.3, -0.25) is 4.79 Å². The van der Waals surface area contributed by atoms with Crippen molar-refractivity contribution in [2.75, 3.05) is 11.9 Å². The number of hydrogen-bond acceptors (Lipinski definition) is 4. The zero-order valence-corrected chi connectivity index (χ0v) is 10.4. The van der Waals surface area contributed by atoms with Crippen molar-refractivity contribution in [2.24, 2.45) is 0 Å². The minimum absolute atomic E-state index is 0.119. The standard InChI is InChI=1S/C9H12Cl2N4O/c1-3-12-9(16)5(2)13-6-4-7(10)14-15-8(6)11/h4-5H,3H2,1-2H3,(H,12,16)(H,13,14). The van der Waals surface area contributed by atoms with E-state index < -0.39 is 6.04 Å². The van der Waals surface area contributed by atoms with Crippen molar-refractivity contribution in [2.45, 2.75) is 19.9 Å². The molecule has 1 aromatic rings. The SMILES string of the molecule is CCNC(=O)C(C)Nc1cc(Cl)nnc1Cl. The molecule has 16 heavy (non-hydrogen) atoms. The first-order chi connectivity index (χ1) is 7.54. The van der Waals surface area contributed by atoms with E-state index in [0.717, 1.165) is 0 Å². The molecule has 0 saturated heterocycles. The molecule has 0 aliphatic carbocycles. The minimum atomic E-state index is -0.419. The molecular formula is C9H12Cl2N4O. The van der Waals surface area contributed by atoms with Crippen LogP contribution in [0.5, 0.6) is 0 Å². The molecule has 2 N–H and O–H groups in total. The number of nitrogens with one attached hydrogen (secondary N) is 2. The molecule has 0 bridgehead atoms. The van der Waals surface area contributed by atoms with Crippen LogP contribution in [0.2, 0.25) is 10.3 Å². The molecule has 0 radical (unpaired) electrons. The Morgan fingerprint density at radius 1 is 1.50 bits per heavy atom. The zero-order valence-electron chi connectivity index (χ0n) is 8.92. The number of rotatable bonds is 4. The number of amides is 1. The van der Waals surface area contributed by atoms with E-state index in [0.29, 0.717) is 12.2 Å². The largest absolute Gasteiger partial charge is 0.371 e. The van der Waals surface area contributed by atoms with Gasteiger partial charge in [0.05, 0.1) is 5.69 Å². The van der Waals surface area contributed by atoms with Gasteiger partial charge in [-0.15, -0.1) is 10.2 Å². The van der Waals surface area contributed by atoms with Crippen molar-refractivity contribution in [3.8, 4) is 0 Å². The van der Waals surface area contributed by atoms with Crippen LogP contribution in [0.4, 0.5) is 5.69 Å². The van der Waals surface area contributed by atoms with E-state index in [4.69, 9.17) is 23.2 Å². The van der Waals surface area contributed by atoms with E-state index in [2.05, 4.69) is 20.8 Å². The number of nitrogens with zero attached hydrogens (tertiary/aromatic N) is 2. The van der Waals surface area contributed by atoms with Gasteiger partial charge in [0.25, 0.3) is 0 Å². The molecule has 5 nitrogen and oxygen atoms in total. The second-order valence-electron chi connectivity index (χ2n) is 3.13. The van der Waals surface area contributed by atoms with E-state index in [-0.39, 0.29) is 16.2 Å². The molecule has 1 unspecified atom stereocenters. The van der Waals surface area contributed by atoms with Crippen LogP contribution >= 0.6 is 23.2 Å². The van der Waals surface area contributed by atoms with Crippen LogP contribution in [0, 0.1) is 0 Å². The Labute approximate surface area is 104 Å². The van der Waals surface area contributed by atoms with Gasteiger partial charge in [0.2, 0.25) is 5.91 Å². The lowest BCUT2D eigenvalue weighted by molar-refractivity contribution is -0.121. The zero-order chi connectivity index (χ0) is 12.1. The van der Waals surface area contributed by atoms with E-state index >= 15 is 0 Å². The second-order valence-corrected chi connectivity index (χ2v) is 3.88. The maximum atomic E-state index is 11.5. The maximum Gasteiger partial charge on any atom is 0.242 e. The molecular weight excluding hydrogens is 251 g/mol. The predicted molar refractivity (Wildman–Crippen MR) is 63.8 cm³/mol. The first kappa shape index (κ1) is 13.0. The lowest BCUT2D eigenvalue weighted by atomic mass is 10.3. The van der Waals surface area contributed by atoms with Gasteiger partial charge in [0, 0.05) is 12.6 Å². The summed E-state index contributed by atoms with van der Waals surface area (Å²) in [5.41, 5.74) is 0.486. The molecule has 0 aliphatic heterocycles. The number of carbonyl (C=O) groups is 1. The fourth-order valence-electron chi connectivity index (χ4n) is 1.08. The fourth-order valence-corrected chi connectivity index (χ4v) is 1.37. The highest BCUT2D eigenvalue weighted by Crippen LogP contribution is 2.21. The predicted octanol–water partition coefficient (Wildman–Crippen LogP) is 1.72. The van der Waals surface area contributed by atoms with Gasteiger partial charge in [0.15, 0.2) is 10.3 Å². The summed E-state index contributed by atoms with van der Waals surface area (Å²) in [5, 5.41) is 13.2. The molecule has 1 aromatic heterocycles. The Hall–Kier alpha value is -1.07. The Kier molecular flexibility index (Phi) is 4.76. The Bertz CT molecular complexity index is 386. The first-order valence-corrected chi connectivity index (χ1v) is 5.53. The number of carbonyl (C=O) groups excluding carboxylic acids is 1. The topological polar surface area (TPSA) is 66.9 Å². The summed E-state index contributed by atoms with van der Waals surface area (Å²) < 4.78 is 0. The van der Waals surface area contributed by atoms with E-state index in [1.165, 1.54) is 6.07 Å². The van der Waals surface area contributed by atoms with Gasteiger partial charge < -0.3 is 10.6 Å². The fraction of sp³-hybridized carbons (Fsp3) is 0.444. The van der Waals surface area contributed by atoms with Crippen molar-refractivity contribution >= 4 is 34.8 Å². The van der Waals surface area contributed by atoms with Crippen molar-refractivity contribution in [1.29, 1.82) is 0 Å². The van der Waals surface area contributed by atoms with Crippen LogP contribution in [0.15, 0.2) is 6.07 Å². The number of aromatic nitrogens is 2. The summed E-state index contributed by atoms with van der Waals surface area (Å²) in [6.07, 6.45) is 0. The molecule has 0 fully saturated rings. The van der Waals surface area contributed by atoms with Crippen molar-refractivity contribution in [3.05, 3.63) is 16.4 Å². The van der Waals surface area contributed by atoms with Gasteiger partial charge in [-0.1, -0.05) is 23.2 Å². The highest BCUT2D eigenvalue weighted by molar-refractivity contribution is 6.33. The third-order valence-electron chi connectivity index (χ3n) is 1.84. The normalized spacial score (nSPS) is 12.0. The van der Waals surface area contributed by atoms with Crippen LogP contribution < -0.4 is 10.6 Å². The van der Waals surface area contributed by atoms with Crippen molar-refractivity contribution in [1.82, 2.24) is 15.5 Å². The van der Waals surface area contributed by atoms with E-state index in [1.54, 1.807) is 6.92 Å². The number of hydrogen-bond donors (Lipinski definition) is 2. The molecule has 1 heterocycles. The Morgan fingerprint density at radius 3 is 2.81 bits per heavy atom. The Morgan fingerprint density at radius 2 is 2.19 bits per heavy atom. The van der Waals surface area contributed by atoms with Crippen LogP contribution in [0.3, 0.4) is 0 Å². The van der Waals surface area contributed by atoms with Crippen LogP contribution in [0.1, 0.15) is 13.8 Å². The minimum Gasteiger partial charge on any atom is -0.371 e. The summed E-state index contributed by atoms with van der Waals surface area (Å²) in [7, 11) is 0. The highest BCUT2D eigenvalue weighted by Gasteiger charge is 2.13. The quantitative estimate of drug-likeness (QED) is 0.868. The van der Waals surface area contributed by atoms with Crippen LogP contribution in [-0.4, -0.2) is 28.7 Å². The van der Waals surface area contributed by atoms with Gasteiger partial charge in [-0.05, 0) is 13.8 Å². The molecule has 0 saturated carbocycles. The monoisotopic (exact) mass is 262 g/mol. The summed E-state index contributed by atoms with van der Waals surface area (Å²) >= 11 is 11.5. The number of likely N-dealkylation sites (N-methyl/N-ethyl adjacent to an activating group) is 1. The number of halogens is 2. The summed E-state index contributed by atoms with van der Waals surface area (Å²) in [4.78, 5) is 11.5. The van der Waals surface area contributed by atoms with E-state index in [1.807, 2.05) is 6.92 Å². The molecule has 0 aliphatic rings. The van der Waals surface area contributed by atoms with Crippen molar-refractivity contribution in [3.63, 3.8) is 0 Å². The van der Waals surface area contributed by atoms with Gasteiger partial charge >= 0.3 is 0 Å². The molecule has 1 rings (SSSR count). The second kappa shape index (κ2) is 5.86. The van der Waals surface area contributed by atoms with Gasteiger partial charge in [-0.2, -0.15) is 0 Å².